The lowest BCUT2D eigenvalue weighted by Gasteiger charge is -2.08. The maximum absolute atomic E-state index is 10.9. The summed E-state index contributed by atoms with van der Waals surface area (Å²) in [5.74, 6) is -1.65. The number of aryl methyl sites for hydroxylation is 1. The number of primary amides is 1. The molecule has 74 valence electrons. The normalized spacial score (nSPS) is 9.86. The first-order valence-corrected chi connectivity index (χ1v) is 4.08. The van der Waals surface area contributed by atoms with Crippen LogP contribution in [0.15, 0.2) is 12.1 Å². The van der Waals surface area contributed by atoms with Gasteiger partial charge in [0, 0.05) is 5.56 Å². The second-order valence-electron chi connectivity index (χ2n) is 3.10. The van der Waals surface area contributed by atoms with Crippen molar-refractivity contribution in [1.29, 1.82) is 0 Å². The van der Waals surface area contributed by atoms with E-state index in [2.05, 4.69) is 0 Å². The molecule has 0 aliphatic carbocycles. The molecule has 0 fully saturated rings. The van der Waals surface area contributed by atoms with E-state index in [0.717, 1.165) is 0 Å². The number of benzene rings is 1. The van der Waals surface area contributed by atoms with Crippen molar-refractivity contribution < 1.29 is 14.7 Å². The Hall–Kier alpha value is -1.84. The zero-order valence-corrected chi connectivity index (χ0v) is 8.00. The van der Waals surface area contributed by atoms with Crippen molar-refractivity contribution >= 4 is 11.9 Å². The van der Waals surface area contributed by atoms with Crippen LogP contribution in [0.4, 0.5) is 0 Å². The van der Waals surface area contributed by atoms with Gasteiger partial charge in [0.05, 0.1) is 5.56 Å². The van der Waals surface area contributed by atoms with Crippen LogP contribution in [-0.4, -0.2) is 17.0 Å². The number of hydrogen-bond donors (Lipinski definition) is 2. The fourth-order valence-electron chi connectivity index (χ4n) is 1.44. The van der Waals surface area contributed by atoms with E-state index in [4.69, 9.17) is 10.8 Å². The Bertz CT molecular complexity index is 410. The second-order valence-corrected chi connectivity index (χ2v) is 3.10. The molecular weight excluding hydrogens is 182 g/mol. The Balaban J connectivity index is 3.49. The SMILES string of the molecule is Cc1ccc(C(N)=O)c(C)c1C(=O)O. The molecule has 0 unspecified atom stereocenters. The van der Waals surface area contributed by atoms with Gasteiger partial charge in [-0.2, -0.15) is 0 Å². The summed E-state index contributed by atoms with van der Waals surface area (Å²) in [6, 6.07) is 3.12. The summed E-state index contributed by atoms with van der Waals surface area (Å²) in [5.41, 5.74) is 6.56. The highest BCUT2D eigenvalue weighted by atomic mass is 16.4. The number of amides is 1. The molecule has 4 nitrogen and oxygen atoms in total. The molecule has 1 aromatic carbocycles. The average molecular weight is 193 g/mol. The number of carbonyl (C=O) groups is 2. The summed E-state index contributed by atoms with van der Waals surface area (Å²) >= 11 is 0. The van der Waals surface area contributed by atoms with Gasteiger partial charge in [-0.3, -0.25) is 4.79 Å². The molecular formula is C10H11NO3. The van der Waals surface area contributed by atoms with Crippen LogP contribution in [0.1, 0.15) is 31.8 Å². The van der Waals surface area contributed by atoms with Crippen molar-refractivity contribution in [3.05, 3.63) is 34.4 Å². The van der Waals surface area contributed by atoms with Gasteiger partial charge in [0.2, 0.25) is 5.91 Å². The van der Waals surface area contributed by atoms with E-state index >= 15 is 0 Å². The zero-order chi connectivity index (χ0) is 10.9. The highest BCUT2D eigenvalue weighted by Gasteiger charge is 2.15. The third kappa shape index (κ3) is 1.59. The first-order valence-electron chi connectivity index (χ1n) is 4.08. The molecule has 0 aliphatic rings. The Morgan fingerprint density at radius 1 is 1.29 bits per heavy atom. The van der Waals surface area contributed by atoms with Crippen molar-refractivity contribution in [2.24, 2.45) is 5.73 Å². The molecule has 0 aliphatic heterocycles. The van der Waals surface area contributed by atoms with Crippen LogP contribution in [0.3, 0.4) is 0 Å². The second kappa shape index (κ2) is 3.49. The van der Waals surface area contributed by atoms with Gasteiger partial charge >= 0.3 is 5.97 Å². The lowest BCUT2D eigenvalue weighted by Crippen LogP contribution is -2.15. The van der Waals surface area contributed by atoms with E-state index < -0.39 is 11.9 Å². The number of aromatic carboxylic acids is 1. The minimum absolute atomic E-state index is 0.154. The maximum atomic E-state index is 10.9. The number of rotatable bonds is 2. The van der Waals surface area contributed by atoms with Gasteiger partial charge in [0.1, 0.15) is 0 Å². The molecule has 0 radical (unpaired) electrons. The van der Waals surface area contributed by atoms with Crippen LogP contribution in [0, 0.1) is 13.8 Å². The van der Waals surface area contributed by atoms with Crippen molar-refractivity contribution in [2.45, 2.75) is 13.8 Å². The van der Waals surface area contributed by atoms with Crippen molar-refractivity contribution in [1.82, 2.24) is 0 Å². The minimum atomic E-state index is -1.04. The van der Waals surface area contributed by atoms with Crippen LogP contribution < -0.4 is 5.73 Å². The van der Waals surface area contributed by atoms with E-state index in [0.29, 0.717) is 11.1 Å². The Labute approximate surface area is 81.3 Å². The van der Waals surface area contributed by atoms with Crippen molar-refractivity contribution in [3.8, 4) is 0 Å². The Morgan fingerprint density at radius 2 is 1.86 bits per heavy atom. The maximum Gasteiger partial charge on any atom is 0.336 e. The summed E-state index contributed by atoms with van der Waals surface area (Å²) in [6.07, 6.45) is 0. The molecule has 0 aromatic heterocycles. The molecule has 0 spiro atoms. The van der Waals surface area contributed by atoms with E-state index in [1.54, 1.807) is 26.0 Å². The lowest BCUT2D eigenvalue weighted by atomic mass is 9.97. The highest BCUT2D eigenvalue weighted by Crippen LogP contribution is 2.17. The van der Waals surface area contributed by atoms with Gasteiger partial charge in [-0.15, -0.1) is 0 Å². The first kappa shape index (κ1) is 10.2. The predicted molar refractivity (Wildman–Crippen MR) is 51.4 cm³/mol. The molecule has 1 rings (SSSR count). The van der Waals surface area contributed by atoms with E-state index in [1.165, 1.54) is 0 Å². The fraction of sp³-hybridized carbons (Fsp3) is 0.200. The molecule has 0 saturated heterocycles. The molecule has 1 aromatic rings. The topological polar surface area (TPSA) is 80.4 Å². The van der Waals surface area contributed by atoms with E-state index in [1.807, 2.05) is 0 Å². The molecule has 1 amide bonds. The van der Waals surface area contributed by atoms with E-state index in [9.17, 15) is 9.59 Å². The minimum Gasteiger partial charge on any atom is -0.478 e. The molecule has 3 N–H and O–H groups in total. The molecule has 4 heteroatoms. The van der Waals surface area contributed by atoms with Gasteiger partial charge in [-0.25, -0.2) is 4.79 Å². The Morgan fingerprint density at radius 3 is 2.29 bits per heavy atom. The average Bonchev–Trinajstić information content (AvgIpc) is 2.02. The summed E-state index contributed by atoms with van der Waals surface area (Å²) in [6.45, 7) is 3.26. The van der Waals surface area contributed by atoms with Gasteiger partial charge in [0.25, 0.3) is 0 Å². The molecule has 14 heavy (non-hydrogen) atoms. The number of nitrogens with two attached hydrogens (primary N) is 1. The van der Waals surface area contributed by atoms with Crippen LogP contribution in [0.25, 0.3) is 0 Å². The number of carbonyl (C=O) groups excluding carboxylic acids is 1. The summed E-state index contributed by atoms with van der Waals surface area (Å²) in [4.78, 5) is 21.8. The lowest BCUT2D eigenvalue weighted by molar-refractivity contribution is 0.0695. The predicted octanol–water partition coefficient (Wildman–Crippen LogP) is 1.10. The van der Waals surface area contributed by atoms with Gasteiger partial charge in [-0.1, -0.05) is 6.07 Å². The van der Waals surface area contributed by atoms with Gasteiger partial charge in [-0.05, 0) is 31.0 Å². The molecule has 0 bridgehead atoms. The number of carboxylic acids is 1. The van der Waals surface area contributed by atoms with Crippen LogP contribution in [-0.2, 0) is 0 Å². The number of hydrogen-bond acceptors (Lipinski definition) is 2. The summed E-state index contributed by atoms with van der Waals surface area (Å²) < 4.78 is 0. The smallest absolute Gasteiger partial charge is 0.336 e. The van der Waals surface area contributed by atoms with Crippen molar-refractivity contribution in [2.75, 3.05) is 0 Å². The van der Waals surface area contributed by atoms with Crippen molar-refractivity contribution in [3.63, 3.8) is 0 Å². The van der Waals surface area contributed by atoms with Gasteiger partial charge in [0.15, 0.2) is 0 Å². The van der Waals surface area contributed by atoms with E-state index in [-0.39, 0.29) is 11.1 Å². The van der Waals surface area contributed by atoms with Gasteiger partial charge < -0.3 is 10.8 Å². The molecule has 0 atom stereocenters. The zero-order valence-electron chi connectivity index (χ0n) is 8.00. The molecule has 0 heterocycles. The third-order valence-corrected chi connectivity index (χ3v) is 2.15. The summed E-state index contributed by atoms with van der Waals surface area (Å²) in [7, 11) is 0. The fourth-order valence-corrected chi connectivity index (χ4v) is 1.44. The quantitative estimate of drug-likeness (QED) is 0.738. The number of carboxylic acid groups (broad SMARTS) is 1. The monoisotopic (exact) mass is 193 g/mol. The largest absolute Gasteiger partial charge is 0.478 e. The highest BCUT2D eigenvalue weighted by molar-refractivity contribution is 5.99. The van der Waals surface area contributed by atoms with Crippen LogP contribution in [0.2, 0.25) is 0 Å². The standard InChI is InChI=1S/C10H11NO3/c1-5-3-4-7(9(11)12)6(2)8(5)10(13)14/h3-4H,1-2H3,(H2,11,12)(H,13,14). The summed E-state index contributed by atoms with van der Waals surface area (Å²) in [5, 5.41) is 8.90. The Kier molecular flexibility index (Phi) is 2.56. The van der Waals surface area contributed by atoms with Crippen LogP contribution >= 0.6 is 0 Å². The third-order valence-electron chi connectivity index (χ3n) is 2.15. The van der Waals surface area contributed by atoms with Crippen LogP contribution in [0.5, 0.6) is 0 Å². The molecule has 0 saturated carbocycles. The first-order chi connectivity index (χ1) is 6.45.